The first-order chi connectivity index (χ1) is 16.6. The Morgan fingerprint density at radius 2 is 2.06 bits per heavy atom. The van der Waals surface area contributed by atoms with Crippen molar-refractivity contribution in [2.45, 2.75) is 44.3 Å². The number of carbonyl (C=O) groups excluding carboxylic acids is 2. The summed E-state index contributed by atoms with van der Waals surface area (Å²) in [6.07, 6.45) is 6.11. The van der Waals surface area contributed by atoms with Gasteiger partial charge >= 0.3 is 0 Å². The first-order valence-corrected chi connectivity index (χ1v) is 11.6. The number of nitrogens with one attached hydrogen (secondary N) is 1. The summed E-state index contributed by atoms with van der Waals surface area (Å²) >= 11 is 0. The highest BCUT2D eigenvalue weighted by atomic mass is 19.1. The van der Waals surface area contributed by atoms with Gasteiger partial charge in [0.2, 0.25) is 0 Å². The summed E-state index contributed by atoms with van der Waals surface area (Å²) < 4.78 is 16.8. The Hall–Kier alpha value is -3.81. The van der Waals surface area contributed by atoms with Gasteiger partial charge in [0, 0.05) is 18.5 Å². The van der Waals surface area contributed by atoms with E-state index >= 15 is 0 Å². The molecule has 6 rings (SSSR count). The summed E-state index contributed by atoms with van der Waals surface area (Å²) in [5.74, 6) is -0.834. The normalized spacial score (nSPS) is 19.0. The van der Waals surface area contributed by atoms with Crippen LogP contribution in [0.15, 0.2) is 53.8 Å². The summed E-state index contributed by atoms with van der Waals surface area (Å²) in [5, 5.41) is 8.91. The van der Waals surface area contributed by atoms with Crippen LogP contribution in [0.4, 0.5) is 4.39 Å². The van der Waals surface area contributed by atoms with Crippen LogP contribution in [0.2, 0.25) is 0 Å². The highest BCUT2D eigenvalue weighted by Crippen LogP contribution is 2.37. The minimum absolute atomic E-state index is 0.0712. The number of aromatic nitrogens is 2. The predicted octanol–water partition coefficient (Wildman–Crippen LogP) is 3.35. The van der Waals surface area contributed by atoms with E-state index in [1.54, 1.807) is 17.0 Å². The van der Waals surface area contributed by atoms with E-state index in [-0.39, 0.29) is 11.5 Å². The third-order valence-corrected chi connectivity index (χ3v) is 6.87. The molecule has 0 saturated heterocycles. The lowest BCUT2D eigenvalue weighted by molar-refractivity contribution is -0.109. The molecule has 172 valence electrons. The van der Waals surface area contributed by atoms with Crippen LogP contribution in [0.5, 0.6) is 0 Å². The molecule has 1 atom stereocenters. The first kappa shape index (κ1) is 20.8. The maximum Gasteiger partial charge on any atom is 0.257 e. The lowest BCUT2D eigenvalue weighted by Crippen LogP contribution is -2.37. The molecule has 1 aromatic heterocycles. The van der Waals surface area contributed by atoms with Gasteiger partial charge in [-0.1, -0.05) is 30.3 Å². The van der Waals surface area contributed by atoms with Gasteiger partial charge in [0.1, 0.15) is 18.1 Å². The van der Waals surface area contributed by atoms with Crippen molar-refractivity contribution in [1.82, 2.24) is 20.1 Å². The molecular weight excluding hydrogens is 433 g/mol. The summed E-state index contributed by atoms with van der Waals surface area (Å²) in [7, 11) is 0. The predicted molar refractivity (Wildman–Crippen MR) is 124 cm³/mol. The maximum absolute atomic E-state index is 14.8. The van der Waals surface area contributed by atoms with Gasteiger partial charge in [-0.3, -0.25) is 14.9 Å². The zero-order valence-electron chi connectivity index (χ0n) is 18.6. The van der Waals surface area contributed by atoms with Crippen LogP contribution in [0.25, 0.3) is 0 Å². The largest absolute Gasteiger partial charge is 0.332 e. The van der Waals surface area contributed by atoms with Crippen LogP contribution < -0.4 is 5.43 Å². The Morgan fingerprint density at radius 3 is 2.88 bits per heavy atom. The minimum Gasteiger partial charge on any atom is -0.332 e. The quantitative estimate of drug-likeness (QED) is 0.596. The van der Waals surface area contributed by atoms with Gasteiger partial charge in [0.15, 0.2) is 0 Å². The molecule has 7 nitrogen and oxygen atoms in total. The van der Waals surface area contributed by atoms with Gasteiger partial charge in [-0.25, -0.2) is 4.39 Å². The van der Waals surface area contributed by atoms with Crippen molar-refractivity contribution in [3.63, 3.8) is 0 Å². The average molecular weight is 458 g/mol. The zero-order valence-corrected chi connectivity index (χ0v) is 18.6. The molecule has 1 fully saturated rings. The number of fused-ring (bicyclic) bond motifs is 2. The van der Waals surface area contributed by atoms with Gasteiger partial charge in [0.25, 0.3) is 5.91 Å². The van der Waals surface area contributed by atoms with Gasteiger partial charge in [-0.05, 0) is 48.1 Å². The van der Waals surface area contributed by atoms with Crippen molar-refractivity contribution in [2.75, 3.05) is 6.54 Å². The third kappa shape index (κ3) is 3.59. The number of benzene rings is 2. The molecule has 2 aliphatic heterocycles. The lowest BCUT2D eigenvalue weighted by Gasteiger charge is -2.28. The standard InChI is InChI=1S/C26H24FN5O2/c27-22-8-5-16(12-23-19-3-1-2-4-20(19)24(15-33)30-29-23)11-21(22)26(34)31-10-9-17-13-28-32(18-6-7-18)25(17)14-31/h1-5,8,11,13,15,18,24,30H,6-7,9-10,12,14H2. The van der Waals surface area contributed by atoms with E-state index in [9.17, 15) is 14.0 Å². The monoisotopic (exact) mass is 457 g/mol. The number of carbonyl (C=O) groups is 2. The Labute approximate surface area is 196 Å². The van der Waals surface area contributed by atoms with Crippen molar-refractivity contribution >= 4 is 17.9 Å². The molecule has 1 aliphatic carbocycles. The van der Waals surface area contributed by atoms with E-state index in [4.69, 9.17) is 0 Å². The molecule has 1 unspecified atom stereocenters. The van der Waals surface area contributed by atoms with Crippen LogP contribution in [-0.2, 0) is 24.2 Å². The van der Waals surface area contributed by atoms with Crippen LogP contribution in [0.3, 0.4) is 0 Å². The fourth-order valence-corrected chi connectivity index (χ4v) is 4.89. The van der Waals surface area contributed by atoms with Crippen LogP contribution in [0, 0.1) is 5.82 Å². The molecule has 3 aliphatic rings. The van der Waals surface area contributed by atoms with Crippen molar-refractivity contribution in [2.24, 2.45) is 5.10 Å². The second-order valence-electron chi connectivity index (χ2n) is 9.15. The molecule has 1 N–H and O–H groups in total. The third-order valence-electron chi connectivity index (χ3n) is 6.87. The maximum atomic E-state index is 14.8. The van der Waals surface area contributed by atoms with Crippen LogP contribution >= 0.6 is 0 Å². The van der Waals surface area contributed by atoms with Crippen LogP contribution in [0.1, 0.15) is 63.2 Å². The van der Waals surface area contributed by atoms with E-state index in [1.807, 2.05) is 35.1 Å². The van der Waals surface area contributed by atoms with Gasteiger partial charge in [-0.2, -0.15) is 10.2 Å². The second-order valence-corrected chi connectivity index (χ2v) is 9.15. The molecule has 0 bridgehead atoms. The highest BCUT2D eigenvalue weighted by molar-refractivity contribution is 6.04. The second kappa shape index (κ2) is 8.20. The van der Waals surface area contributed by atoms with Crippen molar-refractivity contribution in [3.8, 4) is 0 Å². The summed E-state index contributed by atoms with van der Waals surface area (Å²) in [4.78, 5) is 26.5. The summed E-state index contributed by atoms with van der Waals surface area (Å²) in [6, 6.07) is 12.2. The zero-order chi connectivity index (χ0) is 23.2. The van der Waals surface area contributed by atoms with E-state index in [1.165, 1.54) is 11.6 Å². The van der Waals surface area contributed by atoms with Crippen molar-refractivity contribution in [1.29, 1.82) is 0 Å². The molecule has 2 aromatic carbocycles. The molecule has 3 heterocycles. The number of halogens is 1. The van der Waals surface area contributed by atoms with E-state index in [2.05, 4.69) is 15.6 Å². The van der Waals surface area contributed by atoms with Gasteiger partial charge in [-0.15, -0.1) is 0 Å². The smallest absolute Gasteiger partial charge is 0.257 e. The Kier molecular flexibility index (Phi) is 5.01. The fourth-order valence-electron chi connectivity index (χ4n) is 4.89. The van der Waals surface area contributed by atoms with Crippen LogP contribution in [-0.4, -0.2) is 39.1 Å². The number of amides is 1. The topological polar surface area (TPSA) is 79.6 Å². The first-order valence-electron chi connectivity index (χ1n) is 11.6. The van der Waals surface area contributed by atoms with E-state index < -0.39 is 11.9 Å². The Morgan fingerprint density at radius 1 is 1.21 bits per heavy atom. The van der Waals surface area contributed by atoms with Crippen molar-refractivity contribution < 1.29 is 14.0 Å². The molecular formula is C26H24FN5O2. The Bertz CT molecular complexity index is 1330. The minimum atomic E-state index is -0.527. The number of aldehydes is 1. The molecule has 1 saturated carbocycles. The van der Waals surface area contributed by atoms with Crippen molar-refractivity contribution in [3.05, 3.63) is 88.0 Å². The molecule has 3 aromatic rings. The highest BCUT2D eigenvalue weighted by Gasteiger charge is 2.32. The number of hydrogen-bond donors (Lipinski definition) is 1. The fraction of sp³-hybridized carbons (Fsp3) is 0.308. The molecule has 0 spiro atoms. The number of nitrogens with zero attached hydrogens (tertiary/aromatic N) is 4. The summed E-state index contributed by atoms with van der Waals surface area (Å²) in [6.45, 7) is 0.994. The lowest BCUT2D eigenvalue weighted by atomic mass is 9.92. The summed E-state index contributed by atoms with van der Waals surface area (Å²) in [5.41, 5.74) is 8.48. The Balaban J connectivity index is 1.25. The molecule has 1 amide bonds. The molecule has 8 heteroatoms. The van der Waals surface area contributed by atoms with E-state index in [0.29, 0.717) is 25.6 Å². The van der Waals surface area contributed by atoms with E-state index in [0.717, 1.165) is 53.6 Å². The number of hydrogen-bond acceptors (Lipinski definition) is 5. The molecule has 34 heavy (non-hydrogen) atoms. The molecule has 0 radical (unpaired) electrons. The number of rotatable bonds is 5. The van der Waals surface area contributed by atoms with Gasteiger partial charge < -0.3 is 9.69 Å². The van der Waals surface area contributed by atoms with Gasteiger partial charge in [0.05, 0.1) is 35.8 Å². The average Bonchev–Trinajstić information content (AvgIpc) is 3.63. The SMILES string of the molecule is O=CC1NN=C(Cc2ccc(F)c(C(=O)N3CCc4cnn(C5CC5)c4C3)c2)c2ccccc21. The number of hydrazone groups is 1.